The molecule has 0 amide bonds. The van der Waals surface area contributed by atoms with Gasteiger partial charge in [0.1, 0.15) is 22.8 Å². The maximum absolute atomic E-state index is 6.06. The first-order valence-corrected chi connectivity index (χ1v) is 10.7. The Morgan fingerprint density at radius 3 is 2.50 bits per heavy atom. The van der Waals surface area contributed by atoms with E-state index in [2.05, 4.69) is 51.8 Å². The SMILES string of the molecule is COCc1cc(N2CCOC(c3nc(C(C)(C)C)cs3)C2)nc(C(C)(C)C)n1. The van der Waals surface area contributed by atoms with Crippen molar-refractivity contribution in [2.24, 2.45) is 0 Å². The molecule has 0 aliphatic carbocycles. The minimum atomic E-state index is -0.124. The summed E-state index contributed by atoms with van der Waals surface area (Å²) in [5.74, 6) is 1.78. The Morgan fingerprint density at radius 2 is 1.89 bits per heavy atom. The lowest BCUT2D eigenvalue weighted by atomic mass is 9.93. The van der Waals surface area contributed by atoms with Crippen molar-refractivity contribution in [1.29, 1.82) is 0 Å². The van der Waals surface area contributed by atoms with Crippen molar-refractivity contribution in [1.82, 2.24) is 15.0 Å². The quantitative estimate of drug-likeness (QED) is 0.759. The van der Waals surface area contributed by atoms with Gasteiger partial charge in [0.15, 0.2) is 0 Å². The molecule has 0 saturated carbocycles. The highest BCUT2D eigenvalue weighted by Gasteiger charge is 2.28. The van der Waals surface area contributed by atoms with Crippen molar-refractivity contribution in [2.75, 3.05) is 31.7 Å². The summed E-state index contributed by atoms with van der Waals surface area (Å²) in [7, 11) is 1.69. The molecule has 0 radical (unpaired) electrons. The van der Waals surface area contributed by atoms with E-state index in [1.54, 1.807) is 18.4 Å². The van der Waals surface area contributed by atoms with Crippen LogP contribution in [0, 0.1) is 0 Å². The number of thiazole rings is 1. The topological polar surface area (TPSA) is 60.4 Å². The van der Waals surface area contributed by atoms with Crippen LogP contribution in [0.4, 0.5) is 5.82 Å². The Morgan fingerprint density at radius 1 is 1.14 bits per heavy atom. The van der Waals surface area contributed by atoms with E-state index < -0.39 is 0 Å². The smallest absolute Gasteiger partial charge is 0.136 e. The number of aromatic nitrogens is 3. The third-order valence-electron chi connectivity index (χ3n) is 4.68. The highest BCUT2D eigenvalue weighted by atomic mass is 32.1. The van der Waals surface area contributed by atoms with Crippen molar-refractivity contribution in [3.63, 3.8) is 0 Å². The highest BCUT2D eigenvalue weighted by Crippen LogP contribution is 2.32. The number of methoxy groups -OCH3 is 1. The summed E-state index contributed by atoms with van der Waals surface area (Å²) in [6.07, 6.45) is -0.0335. The predicted molar refractivity (Wildman–Crippen MR) is 113 cm³/mol. The summed E-state index contributed by atoms with van der Waals surface area (Å²) in [5.41, 5.74) is 1.95. The molecule has 3 heterocycles. The van der Waals surface area contributed by atoms with E-state index in [0.29, 0.717) is 13.2 Å². The number of hydrogen-bond donors (Lipinski definition) is 0. The fourth-order valence-electron chi connectivity index (χ4n) is 2.99. The summed E-state index contributed by atoms with van der Waals surface area (Å²) in [4.78, 5) is 16.7. The third kappa shape index (κ3) is 4.88. The van der Waals surface area contributed by atoms with Crippen LogP contribution in [0.2, 0.25) is 0 Å². The number of rotatable bonds is 4. The predicted octanol–water partition coefficient (Wildman–Crippen LogP) is 4.25. The second-order valence-electron chi connectivity index (χ2n) is 9.35. The normalized spacial score (nSPS) is 18.5. The Hall–Kier alpha value is -1.57. The Labute approximate surface area is 172 Å². The lowest BCUT2D eigenvalue weighted by molar-refractivity contribution is 0.0391. The van der Waals surface area contributed by atoms with Gasteiger partial charge in [-0.15, -0.1) is 11.3 Å². The molecule has 0 spiro atoms. The van der Waals surface area contributed by atoms with E-state index in [4.69, 9.17) is 24.4 Å². The average Bonchev–Trinajstić information content (AvgIpc) is 3.12. The largest absolute Gasteiger partial charge is 0.378 e. The van der Waals surface area contributed by atoms with Crippen molar-refractivity contribution in [3.05, 3.63) is 33.7 Å². The fraction of sp³-hybridized carbons (Fsp3) is 0.667. The van der Waals surface area contributed by atoms with Crippen molar-refractivity contribution < 1.29 is 9.47 Å². The number of anilines is 1. The molecule has 28 heavy (non-hydrogen) atoms. The summed E-state index contributed by atoms with van der Waals surface area (Å²) in [5, 5.41) is 3.19. The second kappa shape index (κ2) is 8.05. The van der Waals surface area contributed by atoms with Crippen molar-refractivity contribution >= 4 is 17.2 Å². The van der Waals surface area contributed by atoms with E-state index in [-0.39, 0.29) is 16.9 Å². The minimum Gasteiger partial charge on any atom is -0.378 e. The van der Waals surface area contributed by atoms with E-state index >= 15 is 0 Å². The van der Waals surface area contributed by atoms with Crippen LogP contribution in [-0.2, 0) is 26.9 Å². The van der Waals surface area contributed by atoms with Crippen LogP contribution in [0.3, 0.4) is 0 Å². The molecule has 1 fully saturated rings. The Kier molecular flexibility index (Phi) is 6.08. The van der Waals surface area contributed by atoms with Crippen LogP contribution in [0.25, 0.3) is 0 Å². The zero-order valence-corrected chi connectivity index (χ0v) is 18.9. The molecule has 1 aliphatic heterocycles. The summed E-state index contributed by atoms with van der Waals surface area (Å²) in [6, 6.07) is 2.03. The van der Waals surface area contributed by atoms with Crippen LogP contribution in [0.5, 0.6) is 0 Å². The molecule has 7 heteroatoms. The molecular weight excluding hydrogens is 372 g/mol. The molecular formula is C21H32N4O2S. The lowest BCUT2D eigenvalue weighted by Crippen LogP contribution is -2.39. The van der Waals surface area contributed by atoms with E-state index in [1.807, 2.05) is 6.07 Å². The molecule has 2 aromatic rings. The summed E-state index contributed by atoms with van der Waals surface area (Å²) < 4.78 is 11.4. The van der Waals surface area contributed by atoms with Gasteiger partial charge in [0.25, 0.3) is 0 Å². The number of hydrogen-bond acceptors (Lipinski definition) is 7. The molecule has 1 atom stereocenters. The van der Waals surface area contributed by atoms with Gasteiger partial charge in [0.05, 0.1) is 31.1 Å². The molecule has 1 unspecified atom stereocenters. The maximum atomic E-state index is 6.06. The second-order valence-corrected chi connectivity index (χ2v) is 10.2. The van der Waals surface area contributed by atoms with Gasteiger partial charge < -0.3 is 14.4 Å². The van der Waals surface area contributed by atoms with Gasteiger partial charge in [-0.05, 0) is 0 Å². The number of morpholine rings is 1. The number of ether oxygens (including phenoxy) is 2. The summed E-state index contributed by atoms with van der Waals surface area (Å²) >= 11 is 1.68. The summed E-state index contributed by atoms with van der Waals surface area (Å²) in [6.45, 7) is 15.6. The standard InChI is InChI=1S/C21H32N4O2S/c1-20(2,3)16-13-28-18(23-16)15-11-25(8-9-27-15)17-10-14(12-26-7)22-19(24-17)21(4,5)6/h10,13,15H,8-9,11-12H2,1-7H3. The van der Waals surface area contributed by atoms with Crippen LogP contribution in [0.1, 0.15) is 69.9 Å². The third-order valence-corrected chi connectivity index (χ3v) is 5.62. The fourth-order valence-corrected chi connectivity index (χ4v) is 4.07. The molecule has 1 saturated heterocycles. The molecule has 1 aliphatic rings. The van der Waals surface area contributed by atoms with Gasteiger partial charge in [-0.3, -0.25) is 0 Å². The maximum Gasteiger partial charge on any atom is 0.136 e. The van der Waals surface area contributed by atoms with E-state index in [9.17, 15) is 0 Å². The zero-order chi connectivity index (χ0) is 20.5. The average molecular weight is 405 g/mol. The first-order chi connectivity index (χ1) is 13.1. The van der Waals surface area contributed by atoms with Gasteiger partial charge >= 0.3 is 0 Å². The minimum absolute atomic E-state index is 0.0335. The van der Waals surface area contributed by atoms with Crippen LogP contribution >= 0.6 is 11.3 Å². The van der Waals surface area contributed by atoms with Gasteiger partial charge in [-0.2, -0.15) is 0 Å². The molecule has 0 N–H and O–H groups in total. The Balaban J connectivity index is 1.85. The van der Waals surface area contributed by atoms with Gasteiger partial charge in [0, 0.05) is 35.9 Å². The van der Waals surface area contributed by atoms with Crippen molar-refractivity contribution in [3.8, 4) is 0 Å². The van der Waals surface area contributed by atoms with Gasteiger partial charge in [0.2, 0.25) is 0 Å². The van der Waals surface area contributed by atoms with E-state index in [1.165, 1.54) is 0 Å². The van der Waals surface area contributed by atoms with E-state index in [0.717, 1.165) is 41.1 Å². The van der Waals surface area contributed by atoms with Crippen LogP contribution < -0.4 is 4.90 Å². The van der Waals surface area contributed by atoms with Crippen molar-refractivity contribution in [2.45, 2.75) is 65.1 Å². The van der Waals surface area contributed by atoms with Gasteiger partial charge in [-0.1, -0.05) is 41.5 Å². The molecule has 6 nitrogen and oxygen atoms in total. The Bertz CT molecular complexity index is 807. The molecule has 0 bridgehead atoms. The van der Waals surface area contributed by atoms with Crippen LogP contribution in [0.15, 0.2) is 11.4 Å². The van der Waals surface area contributed by atoms with Gasteiger partial charge in [-0.25, -0.2) is 15.0 Å². The highest BCUT2D eigenvalue weighted by molar-refractivity contribution is 7.09. The molecule has 0 aromatic carbocycles. The molecule has 2 aromatic heterocycles. The number of nitrogens with zero attached hydrogens (tertiary/aromatic N) is 4. The first kappa shape index (κ1) is 21.1. The van der Waals surface area contributed by atoms with Crippen LogP contribution in [-0.4, -0.2) is 41.8 Å². The lowest BCUT2D eigenvalue weighted by Gasteiger charge is -2.33. The zero-order valence-electron chi connectivity index (χ0n) is 18.1. The monoisotopic (exact) mass is 404 g/mol. The first-order valence-electron chi connectivity index (χ1n) is 9.78. The molecule has 3 rings (SSSR count). The molecule has 154 valence electrons.